The summed E-state index contributed by atoms with van der Waals surface area (Å²) in [5.41, 5.74) is 0. The predicted molar refractivity (Wildman–Crippen MR) is 85.3 cm³/mol. The van der Waals surface area contributed by atoms with Crippen molar-refractivity contribution >= 4 is 37.6 Å². The smallest absolute Gasteiger partial charge is 0.326 e. The number of halogens is 1. The third kappa shape index (κ3) is 5.76. The Balaban J connectivity index is 2.51. The van der Waals surface area contributed by atoms with E-state index in [9.17, 15) is 18.0 Å². The molecule has 1 aromatic carbocycles. The second-order valence-electron chi connectivity index (χ2n) is 4.74. The van der Waals surface area contributed by atoms with Crippen molar-refractivity contribution in [1.82, 2.24) is 5.32 Å². The average molecular weight is 392 g/mol. The maximum Gasteiger partial charge on any atom is 0.326 e. The highest BCUT2D eigenvalue weighted by atomic mass is 79.9. The van der Waals surface area contributed by atoms with Crippen molar-refractivity contribution in [1.29, 1.82) is 0 Å². The molecular weight excluding hydrogens is 374 g/mol. The molecule has 0 aliphatic rings. The number of hydrogen-bond acceptors (Lipinski definition) is 4. The molecule has 1 unspecified atom stereocenters. The molecule has 0 aromatic heterocycles. The van der Waals surface area contributed by atoms with E-state index in [1.165, 1.54) is 12.1 Å². The van der Waals surface area contributed by atoms with Gasteiger partial charge in [0, 0.05) is 10.9 Å². The van der Waals surface area contributed by atoms with Gasteiger partial charge in [0.25, 0.3) is 0 Å². The van der Waals surface area contributed by atoms with E-state index in [4.69, 9.17) is 5.11 Å². The molecule has 1 aromatic rings. The number of amides is 1. The van der Waals surface area contributed by atoms with Gasteiger partial charge in [0.15, 0.2) is 9.84 Å². The minimum absolute atomic E-state index is 0.0282. The molecule has 0 aliphatic carbocycles. The molecule has 1 atom stereocenters. The number of carboxylic acid groups (broad SMARTS) is 1. The van der Waals surface area contributed by atoms with Gasteiger partial charge in [-0.1, -0.05) is 22.9 Å². The highest BCUT2D eigenvalue weighted by Crippen LogP contribution is 2.16. The maximum absolute atomic E-state index is 12.1. The van der Waals surface area contributed by atoms with Crippen LogP contribution in [-0.4, -0.2) is 37.2 Å². The molecule has 2 N–H and O–H groups in total. The molecule has 0 spiro atoms. The highest BCUT2D eigenvalue weighted by molar-refractivity contribution is 9.10. The van der Waals surface area contributed by atoms with Gasteiger partial charge in [0.2, 0.25) is 5.91 Å². The van der Waals surface area contributed by atoms with Gasteiger partial charge in [0.1, 0.15) is 6.04 Å². The molecule has 22 heavy (non-hydrogen) atoms. The first-order valence-electron chi connectivity index (χ1n) is 6.76. The molecule has 0 aliphatic heterocycles. The summed E-state index contributed by atoms with van der Waals surface area (Å²) in [5.74, 6) is -1.72. The van der Waals surface area contributed by atoms with E-state index < -0.39 is 27.8 Å². The number of carbonyl (C=O) groups is 2. The van der Waals surface area contributed by atoms with Crippen LogP contribution in [0, 0.1) is 0 Å². The molecule has 6 nitrogen and oxygen atoms in total. The normalized spacial score (nSPS) is 12.6. The van der Waals surface area contributed by atoms with Gasteiger partial charge in [0.05, 0.1) is 10.6 Å². The first-order chi connectivity index (χ1) is 10.3. The van der Waals surface area contributed by atoms with E-state index in [1.807, 2.05) is 0 Å². The first kappa shape index (κ1) is 18.6. The van der Waals surface area contributed by atoms with Crippen LogP contribution >= 0.6 is 15.9 Å². The Hall–Kier alpha value is -1.41. The Morgan fingerprint density at radius 2 is 1.86 bits per heavy atom. The number of carbonyl (C=O) groups excluding carboxylic acids is 1. The van der Waals surface area contributed by atoms with Crippen molar-refractivity contribution in [3.05, 3.63) is 28.7 Å². The van der Waals surface area contributed by atoms with Crippen LogP contribution in [0.15, 0.2) is 33.6 Å². The molecule has 8 heteroatoms. The van der Waals surface area contributed by atoms with E-state index in [-0.39, 0.29) is 29.9 Å². The summed E-state index contributed by atoms with van der Waals surface area (Å²) in [7, 11) is -3.44. The van der Waals surface area contributed by atoms with Crippen LogP contribution in [0.5, 0.6) is 0 Å². The third-order valence-electron chi connectivity index (χ3n) is 3.03. The molecule has 122 valence electrons. The van der Waals surface area contributed by atoms with Crippen molar-refractivity contribution in [2.45, 2.75) is 37.1 Å². The molecule has 0 heterocycles. The highest BCUT2D eigenvalue weighted by Gasteiger charge is 2.19. The van der Waals surface area contributed by atoms with E-state index in [0.29, 0.717) is 0 Å². The molecule has 0 saturated heterocycles. The van der Waals surface area contributed by atoms with Crippen LogP contribution in [-0.2, 0) is 19.4 Å². The number of hydrogen-bond donors (Lipinski definition) is 2. The van der Waals surface area contributed by atoms with Crippen LogP contribution in [0.25, 0.3) is 0 Å². The van der Waals surface area contributed by atoms with Crippen molar-refractivity contribution < 1.29 is 23.1 Å². The number of sulfone groups is 1. The Labute approximate surface area is 138 Å². The lowest BCUT2D eigenvalue weighted by Crippen LogP contribution is -2.40. The monoisotopic (exact) mass is 391 g/mol. The van der Waals surface area contributed by atoms with E-state index >= 15 is 0 Å². The summed E-state index contributed by atoms with van der Waals surface area (Å²) < 4.78 is 24.9. The van der Waals surface area contributed by atoms with E-state index in [2.05, 4.69) is 21.2 Å². The zero-order chi connectivity index (χ0) is 16.8. The summed E-state index contributed by atoms with van der Waals surface area (Å²) in [5, 5.41) is 11.2. The fraction of sp³-hybridized carbons (Fsp3) is 0.429. The molecule has 1 amide bonds. The van der Waals surface area contributed by atoms with Crippen molar-refractivity contribution in [3.8, 4) is 0 Å². The zero-order valence-corrected chi connectivity index (χ0v) is 14.5. The van der Waals surface area contributed by atoms with Gasteiger partial charge in [-0.2, -0.15) is 0 Å². The maximum atomic E-state index is 12.1. The van der Waals surface area contributed by atoms with Crippen molar-refractivity contribution in [2.75, 3.05) is 5.75 Å². The minimum Gasteiger partial charge on any atom is -0.480 e. The number of aliphatic carboxylic acids is 1. The van der Waals surface area contributed by atoms with Gasteiger partial charge >= 0.3 is 5.97 Å². The summed E-state index contributed by atoms with van der Waals surface area (Å²) in [4.78, 5) is 22.6. The quantitative estimate of drug-likeness (QED) is 0.705. The average Bonchev–Trinajstić information content (AvgIpc) is 2.44. The Bertz CT molecular complexity index is 627. The Morgan fingerprint density at radius 1 is 1.27 bits per heavy atom. The summed E-state index contributed by atoms with van der Waals surface area (Å²) in [6, 6.07) is 5.33. The molecule has 0 radical (unpaired) electrons. The topological polar surface area (TPSA) is 101 Å². The number of benzene rings is 1. The SMILES string of the molecule is CCC(NC(=O)CCCS(=O)(=O)c1ccc(Br)cc1)C(=O)O. The van der Waals surface area contributed by atoms with Crippen LogP contribution in [0.4, 0.5) is 0 Å². The predicted octanol–water partition coefficient (Wildman–Crippen LogP) is 1.98. The lowest BCUT2D eigenvalue weighted by Gasteiger charge is -2.12. The molecule has 0 saturated carbocycles. The summed E-state index contributed by atoms with van der Waals surface area (Å²) >= 11 is 3.23. The summed E-state index contributed by atoms with van der Waals surface area (Å²) in [6.07, 6.45) is 0.387. The lowest BCUT2D eigenvalue weighted by molar-refractivity contribution is -0.141. The van der Waals surface area contributed by atoms with Crippen molar-refractivity contribution in [2.24, 2.45) is 0 Å². The minimum atomic E-state index is -3.44. The molecular formula is C14H18BrNO5S. The molecule has 1 rings (SSSR count). The fourth-order valence-corrected chi connectivity index (χ4v) is 3.36. The number of carboxylic acids is 1. The number of rotatable bonds is 8. The second-order valence-corrected chi connectivity index (χ2v) is 7.77. The summed E-state index contributed by atoms with van der Waals surface area (Å²) in [6.45, 7) is 1.65. The standard InChI is InChI=1S/C14H18BrNO5S/c1-2-12(14(18)19)16-13(17)4-3-9-22(20,21)11-7-5-10(15)6-8-11/h5-8,12H,2-4,9H2,1H3,(H,16,17)(H,18,19). The van der Waals surface area contributed by atoms with Crippen LogP contribution < -0.4 is 5.32 Å². The Morgan fingerprint density at radius 3 is 2.36 bits per heavy atom. The third-order valence-corrected chi connectivity index (χ3v) is 5.38. The first-order valence-corrected chi connectivity index (χ1v) is 9.21. The Kier molecular flexibility index (Phi) is 7.02. The van der Waals surface area contributed by atoms with Crippen molar-refractivity contribution in [3.63, 3.8) is 0 Å². The molecule has 0 bridgehead atoms. The van der Waals surface area contributed by atoms with Crippen LogP contribution in [0.2, 0.25) is 0 Å². The van der Waals surface area contributed by atoms with Crippen LogP contribution in [0.1, 0.15) is 26.2 Å². The molecule has 0 fully saturated rings. The van der Waals surface area contributed by atoms with E-state index in [1.54, 1.807) is 19.1 Å². The lowest BCUT2D eigenvalue weighted by atomic mass is 10.2. The van der Waals surface area contributed by atoms with Gasteiger partial charge < -0.3 is 10.4 Å². The van der Waals surface area contributed by atoms with E-state index in [0.717, 1.165) is 4.47 Å². The van der Waals surface area contributed by atoms with Gasteiger partial charge in [-0.15, -0.1) is 0 Å². The van der Waals surface area contributed by atoms with Gasteiger partial charge in [-0.25, -0.2) is 13.2 Å². The number of nitrogens with one attached hydrogen (secondary N) is 1. The zero-order valence-electron chi connectivity index (χ0n) is 12.1. The second kappa shape index (κ2) is 8.28. The van der Waals surface area contributed by atoms with Crippen LogP contribution in [0.3, 0.4) is 0 Å². The van der Waals surface area contributed by atoms with Gasteiger partial charge in [-0.3, -0.25) is 4.79 Å². The van der Waals surface area contributed by atoms with Gasteiger partial charge in [-0.05, 0) is 37.1 Å². The largest absolute Gasteiger partial charge is 0.480 e. The fourth-order valence-electron chi connectivity index (χ4n) is 1.79.